The molecular formula is C16H13F2N. The molecule has 0 aromatic heterocycles. The molecule has 0 aliphatic heterocycles. The van der Waals surface area contributed by atoms with Crippen LogP contribution in [-0.2, 0) is 6.42 Å². The standard InChI is InChI=1S/C16H13F2N/c1-2-3-11-4-6-13(7-5-11)16-14(17)8-12(10-19)9-15(16)18/h4-9H,2-3H2,1H3. The van der Waals surface area contributed by atoms with E-state index >= 15 is 0 Å². The number of hydrogen-bond donors (Lipinski definition) is 0. The number of halogens is 2. The van der Waals surface area contributed by atoms with Crippen LogP contribution in [0, 0.1) is 23.0 Å². The number of hydrogen-bond acceptors (Lipinski definition) is 1. The fraction of sp³-hybridized carbons (Fsp3) is 0.188. The van der Waals surface area contributed by atoms with Crippen LogP contribution >= 0.6 is 0 Å². The van der Waals surface area contributed by atoms with Crippen molar-refractivity contribution >= 4 is 0 Å². The molecule has 0 bridgehead atoms. The second-order valence-corrected chi connectivity index (χ2v) is 4.37. The highest BCUT2D eigenvalue weighted by molar-refractivity contribution is 5.66. The second kappa shape index (κ2) is 5.62. The molecule has 0 aliphatic carbocycles. The molecule has 1 nitrogen and oxygen atoms in total. The Hall–Kier alpha value is -2.21. The Balaban J connectivity index is 2.44. The third kappa shape index (κ3) is 2.79. The molecular weight excluding hydrogens is 244 g/mol. The van der Waals surface area contributed by atoms with Crippen molar-refractivity contribution in [1.82, 2.24) is 0 Å². The zero-order valence-corrected chi connectivity index (χ0v) is 10.6. The highest BCUT2D eigenvalue weighted by atomic mass is 19.1. The summed E-state index contributed by atoms with van der Waals surface area (Å²) in [6.07, 6.45) is 1.97. The van der Waals surface area contributed by atoms with Gasteiger partial charge < -0.3 is 0 Å². The monoisotopic (exact) mass is 257 g/mol. The molecule has 0 amide bonds. The summed E-state index contributed by atoms with van der Waals surface area (Å²) in [5.41, 5.74) is 1.53. The maximum Gasteiger partial charge on any atom is 0.135 e. The fourth-order valence-electron chi connectivity index (χ4n) is 2.04. The molecule has 2 rings (SSSR count). The van der Waals surface area contributed by atoms with E-state index in [0.29, 0.717) is 5.56 Å². The van der Waals surface area contributed by atoms with Gasteiger partial charge in [-0.2, -0.15) is 5.26 Å². The molecule has 0 N–H and O–H groups in total. The van der Waals surface area contributed by atoms with E-state index in [4.69, 9.17) is 5.26 Å². The summed E-state index contributed by atoms with van der Waals surface area (Å²) in [5, 5.41) is 8.66. The first kappa shape index (κ1) is 13.2. The van der Waals surface area contributed by atoms with Crippen molar-refractivity contribution in [3.05, 3.63) is 59.2 Å². The minimum absolute atomic E-state index is 0.0126. The van der Waals surface area contributed by atoms with E-state index in [-0.39, 0.29) is 11.1 Å². The molecule has 96 valence electrons. The van der Waals surface area contributed by atoms with Crippen LogP contribution in [0.15, 0.2) is 36.4 Å². The fourth-order valence-corrected chi connectivity index (χ4v) is 2.04. The smallest absolute Gasteiger partial charge is 0.135 e. The third-order valence-corrected chi connectivity index (χ3v) is 2.95. The Kier molecular flexibility index (Phi) is 3.91. The van der Waals surface area contributed by atoms with Crippen molar-refractivity contribution in [2.45, 2.75) is 19.8 Å². The van der Waals surface area contributed by atoms with E-state index in [9.17, 15) is 8.78 Å². The lowest BCUT2D eigenvalue weighted by molar-refractivity contribution is 0.589. The van der Waals surface area contributed by atoms with Crippen LogP contribution in [0.25, 0.3) is 11.1 Å². The van der Waals surface area contributed by atoms with E-state index < -0.39 is 11.6 Å². The average Bonchev–Trinajstić information content (AvgIpc) is 2.40. The van der Waals surface area contributed by atoms with Crippen molar-refractivity contribution in [3.8, 4) is 17.2 Å². The molecule has 0 spiro atoms. The van der Waals surface area contributed by atoms with Gasteiger partial charge in [-0.25, -0.2) is 8.78 Å². The minimum Gasteiger partial charge on any atom is -0.206 e. The first-order valence-electron chi connectivity index (χ1n) is 6.14. The Bertz CT molecular complexity index is 601. The van der Waals surface area contributed by atoms with E-state index in [2.05, 4.69) is 6.92 Å². The van der Waals surface area contributed by atoms with Crippen LogP contribution in [0.1, 0.15) is 24.5 Å². The Morgan fingerprint density at radius 2 is 1.63 bits per heavy atom. The minimum atomic E-state index is -0.709. The van der Waals surface area contributed by atoms with E-state index in [1.807, 2.05) is 12.1 Å². The van der Waals surface area contributed by atoms with Gasteiger partial charge in [0.15, 0.2) is 0 Å². The Morgan fingerprint density at radius 1 is 1.05 bits per heavy atom. The summed E-state index contributed by atoms with van der Waals surface area (Å²) >= 11 is 0. The molecule has 0 atom stereocenters. The summed E-state index contributed by atoms with van der Waals surface area (Å²) in [5.74, 6) is -1.42. The quantitative estimate of drug-likeness (QED) is 0.796. The van der Waals surface area contributed by atoms with Gasteiger partial charge in [-0.1, -0.05) is 37.6 Å². The van der Waals surface area contributed by atoms with Crippen LogP contribution in [0.2, 0.25) is 0 Å². The largest absolute Gasteiger partial charge is 0.206 e. The van der Waals surface area contributed by atoms with Gasteiger partial charge in [0.05, 0.1) is 17.2 Å². The number of nitriles is 1. The molecule has 0 saturated carbocycles. The molecule has 0 unspecified atom stereocenters. The van der Waals surface area contributed by atoms with Crippen LogP contribution in [0.4, 0.5) is 8.78 Å². The maximum absolute atomic E-state index is 13.8. The van der Waals surface area contributed by atoms with Gasteiger partial charge in [0.1, 0.15) is 11.6 Å². The van der Waals surface area contributed by atoms with Crippen molar-refractivity contribution in [1.29, 1.82) is 5.26 Å². The summed E-state index contributed by atoms with van der Waals surface area (Å²) in [6.45, 7) is 2.08. The molecule has 2 aromatic carbocycles. The van der Waals surface area contributed by atoms with Crippen LogP contribution < -0.4 is 0 Å². The SMILES string of the molecule is CCCc1ccc(-c2c(F)cc(C#N)cc2F)cc1. The normalized spacial score (nSPS) is 10.2. The number of aryl methyl sites for hydroxylation is 1. The topological polar surface area (TPSA) is 23.8 Å². The van der Waals surface area contributed by atoms with E-state index in [1.54, 1.807) is 18.2 Å². The van der Waals surface area contributed by atoms with Gasteiger partial charge in [-0.05, 0) is 29.7 Å². The van der Waals surface area contributed by atoms with Gasteiger partial charge in [0.2, 0.25) is 0 Å². The van der Waals surface area contributed by atoms with Gasteiger partial charge in [0.25, 0.3) is 0 Å². The molecule has 0 radical (unpaired) electrons. The highest BCUT2D eigenvalue weighted by Crippen LogP contribution is 2.27. The van der Waals surface area contributed by atoms with Crippen molar-refractivity contribution < 1.29 is 8.78 Å². The summed E-state index contributed by atoms with van der Waals surface area (Å²) in [6, 6.07) is 11.0. The zero-order chi connectivity index (χ0) is 13.8. The van der Waals surface area contributed by atoms with Gasteiger partial charge in [0, 0.05) is 0 Å². The van der Waals surface area contributed by atoms with Crippen LogP contribution in [0.5, 0.6) is 0 Å². The molecule has 0 saturated heterocycles. The molecule has 3 heteroatoms. The molecule has 0 aliphatic rings. The molecule has 0 heterocycles. The summed E-state index contributed by atoms with van der Waals surface area (Å²) in [4.78, 5) is 0. The van der Waals surface area contributed by atoms with Gasteiger partial charge in [-0.15, -0.1) is 0 Å². The summed E-state index contributed by atoms with van der Waals surface area (Å²) in [7, 11) is 0. The van der Waals surface area contributed by atoms with Crippen molar-refractivity contribution in [3.63, 3.8) is 0 Å². The predicted octanol–water partition coefficient (Wildman–Crippen LogP) is 4.46. The van der Waals surface area contributed by atoms with Crippen LogP contribution in [-0.4, -0.2) is 0 Å². The van der Waals surface area contributed by atoms with E-state index in [1.165, 1.54) is 0 Å². The van der Waals surface area contributed by atoms with Crippen molar-refractivity contribution in [2.24, 2.45) is 0 Å². The molecule has 2 aromatic rings. The predicted molar refractivity (Wildman–Crippen MR) is 70.5 cm³/mol. The lowest BCUT2D eigenvalue weighted by atomic mass is 10.00. The van der Waals surface area contributed by atoms with Crippen molar-refractivity contribution in [2.75, 3.05) is 0 Å². The number of benzene rings is 2. The lowest BCUT2D eigenvalue weighted by Gasteiger charge is -2.07. The first-order chi connectivity index (χ1) is 9.15. The van der Waals surface area contributed by atoms with Gasteiger partial charge in [-0.3, -0.25) is 0 Å². The lowest BCUT2D eigenvalue weighted by Crippen LogP contribution is -1.93. The Labute approximate surface area is 111 Å². The third-order valence-electron chi connectivity index (χ3n) is 2.95. The Morgan fingerprint density at radius 3 is 2.11 bits per heavy atom. The number of rotatable bonds is 3. The first-order valence-corrected chi connectivity index (χ1v) is 6.14. The zero-order valence-electron chi connectivity index (χ0n) is 10.6. The number of nitrogens with zero attached hydrogens (tertiary/aromatic N) is 1. The average molecular weight is 257 g/mol. The maximum atomic E-state index is 13.8. The summed E-state index contributed by atoms with van der Waals surface area (Å²) < 4.78 is 27.7. The molecule has 0 fully saturated rings. The molecule has 19 heavy (non-hydrogen) atoms. The highest BCUT2D eigenvalue weighted by Gasteiger charge is 2.13. The van der Waals surface area contributed by atoms with E-state index in [0.717, 1.165) is 30.5 Å². The van der Waals surface area contributed by atoms with Gasteiger partial charge >= 0.3 is 0 Å². The second-order valence-electron chi connectivity index (χ2n) is 4.37. The van der Waals surface area contributed by atoms with Crippen LogP contribution in [0.3, 0.4) is 0 Å².